The van der Waals surface area contributed by atoms with Crippen LogP contribution in [0.1, 0.15) is 25.3 Å². The molecule has 0 radical (unpaired) electrons. The Labute approximate surface area is 121 Å². The highest BCUT2D eigenvalue weighted by Gasteiger charge is 2.30. The Morgan fingerprint density at radius 3 is 2.15 bits per heavy atom. The Morgan fingerprint density at radius 1 is 1.05 bits per heavy atom. The van der Waals surface area contributed by atoms with Gasteiger partial charge in [-0.2, -0.15) is 0 Å². The van der Waals surface area contributed by atoms with Crippen molar-refractivity contribution in [2.75, 3.05) is 24.7 Å². The Hall–Kier alpha value is -0.910. The zero-order chi connectivity index (χ0) is 15.1. The summed E-state index contributed by atoms with van der Waals surface area (Å²) in [6, 6.07) is 9.52. The van der Waals surface area contributed by atoms with Gasteiger partial charge in [0.15, 0.2) is 0 Å². The normalized spacial score (nSPS) is 12.6. The number of benzene rings is 1. The molecule has 0 saturated carbocycles. The summed E-state index contributed by atoms with van der Waals surface area (Å²) in [6.45, 7) is 1.38. The highest BCUT2D eigenvalue weighted by atomic mass is 32.2. The van der Waals surface area contributed by atoms with Gasteiger partial charge in [0.25, 0.3) is 0 Å². The largest absolute Gasteiger partial charge is 0.396 e. The molecule has 0 spiro atoms. The van der Waals surface area contributed by atoms with E-state index in [9.17, 15) is 18.6 Å². The highest BCUT2D eigenvalue weighted by Crippen LogP contribution is 2.27. The topological polar surface area (TPSA) is 74.6 Å². The van der Waals surface area contributed by atoms with Gasteiger partial charge in [-0.1, -0.05) is 37.3 Å². The fraction of sp³-hybridized carbons (Fsp3) is 0.600. The molecule has 0 amide bonds. The lowest BCUT2D eigenvalue weighted by Gasteiger charge is -2.30. The van der Waals surface area contributed by atoms with Gasteiger partial charge >= 0.3 is 0 Å². The molecule has 0 unspecified atom stereocenters. The molecule has 2 N–H and O–H groups in total. The fourth-order valence-electron chi connectivity index (χ4n) is 2.22. The van der Waals surface area contributed by atoms with Crippen LogP contribution in [0.3, 0.4) is 0 Å². The van der Waals surface area contributed by atoms with Gasteiger partial charge in [0.05, 0.1) is 19.0 Å². The molecule has 0 aliphatic carbocycles. The average molecular weight is 300 g/mol. The second kappa shape index (κ2) is 7.76. The van der Waals surface area contributed by atoms with Crippen molar-refractivity contribution in [3.8, 4) is 0 Å². The van der Waals surface area contributed by atoms with Crippen LogP contribution in [0.4, 0.5) is 0 Å². The van der Waals surface area contributed by atoms with Gasteiger partial charge in [0.1, 0.15) is 9.84 Å². The summed E-state index contributed by atoms with van der Waals surface area (Å²) in [5, 5.41) is 19.2. The maximum Gasteiger partial charge on any atom is 0.150 e. The lowest BCUT2D eigenvalue weighted by molar-refractivity contribution is 0.0520. The van der Waals surface area contributed by atoms with Crippen molar-refractivity contribution in [2.24, 2.45) is 5.41 Å². The predicted octanol–water partition coefficient (Wildman–Crippen LogP) is 1.41. The molecule has 0 aliphatic heterocycles. The van der Waals surface area contributed by atoms with E-state index < -0.39 is 15.3 Å². The Bertz CT molecular complexity index is 478. The van der Waals surface area contributed by atoms with Crippen molar-refractivity contribution in [3.63, 3.8) is 0 Å². The highest BCUT2D eigenvalue weighted by molar-refractivity contribution is 7.91. The molecule has 0 saturated heterocycles. The van der Waals surface area contributed by atoms with Crippen molar-refractivity contribution < 1.29 is 18.6 Å². The molecule has 1 rings (SSSR count). The molecule has 0 heterocycles. The average Bonchev–Trinajstić information content (AvgIpc) is 2.45. The molecule has 0 bridgehead atoms. The summed E-state index contributed by atoms with van der Waals surface area (Å²) >= 11 is 0. The van der Waals surface area contributed by atoms with E-state index in [-0.39, 0.29) is 31.1 Å². The maximum atomic E-state index is 11.8. The van der Waals surface area contributed by atoms with E-state index in [1.807, 2.05) is 37.3 Å². The number of sulfone groups is 1. The summed E-state index contributed by atoms with van der Waals surface area (Å²) in [5.74, 6) is 0.167. The van der Waals surface area contributed by atoms with Gasteiger partial charge in [0, 0.05) is 11.2 Å². The molecular formula is C15H24O4S. The van der Waals surface area contributed by atoms with Crippen LogP contribution in [0.25, 0.3) is 0 Å². The first-order chi connectivity index (χ1) is 9.47. The SMILES string of the molecule is CCCS(=O)(=O)CCC(CO)(CO)Cc1ccccc1. The van der Waals surface area contributed by atoms with Crippen molar-refractivity contribution in [1.82, 2.24) is 0 Å². The number of hydrogen-bond donors (Lipinski definition) is 2. The van der Waals surface area contributed by atoms with E-state index in [1.54, 1.807) is 0 Å². The minimum Gasteiger partial charge on any atom is -0.396 e. The molecule has 1 aromatic rings. The second-order valence-corrected chi connectivity index (χ2v) is 7.68. The summed E-state index contributed by atoms with van der Waals surface area (Å²) in [5.41, 5.74) is 0.214. The van der Waals surface area contributed by atoms with Crippen LogP contribution in [0, 0.1) is 5.41 Å². The van der Waals surface area contributed by atoms with Crippen molar-refractivity contribution in [1.29, 1.82) is 0 Å². The summed E-state index contributed by atoms with van der Waals surface area (Å²) in [7, 11) is -3.10. The van der Waals surface area contributed by atoms with Gasteiger partial charge in [-0.3, -0.25) is 0 Å². The quantitative estimate of drug-likeness (QED) is 0.723. The van der Waals surface area contributed by atoms with Crippen molar-refractivity contribution in [3.05, 3.63) is 35.9 Å². The zero-order valence-corrected chi connectivity index (χ0v) is 12.8. The van der Waals surface area contributed by atoms with Crippen LogP contribution in [-0.2, 0) is 16.3 Å². The molecular weight excluding hydrogens is 276 g/mol. The molecule has 1 aromatic carbocycles. The third kappa shape index (κ3) is 5.23. The van der Waals surface area contributed by atoms with Gasteiger partial charge in [-0.15, -0.1) is 0 Å². The first kappa shape index (κ1) is 17.1. The Balaban J connectivity index is 2.77. The number of hydrogen-bond acceptors (Lipinski definition) is 4. The third-order valence-electron chi connectivity index (χ3n) is 3.55. The first-order valence-corrected chi connectivity index (χ1v) is 8.75. The van der Waals surface area contributed by atoms with Gasteiger partial charge in [0.2, 0.25) is 0 Å². The molecule has 0 fully saturated rings. The van der Waals surface area contributed by atoms with Crippen molar-refractivity contribution in [2.45, 2.75) is 26.2 Å². The minimum atomic E-state index is -3.10. The van der Waals surface area contributed by atoms with Crippen LogP contribution in [-0.4, -0.2) is 43.4 Å². The zero-order valence-electron chi connectivity index (χ0n) is 12.0. The molecule has 0 aliphatic rings. The number of aliphatic hydroxyl groups excluding tert-OH is 2. The van der Waals surface area contributed by atoms with E-state index >= 15 is 0 Å². The summed E-state index contributed by atoms with van der Waals surface area (Å²) in [6.07, 6.45) is 1.34. The Kier molecular flexibility index (Phi) is 6.65. The lowest BCUT2D eigenvalue weighted by Crippen LogP contribution is -2.35. The summed E-state index contributed by atoms with van der Waals surface area (Å²) in [4.78, 5) is 0. The van der Waals surface area contributed by atoms with Crippen LogP contribution >= 0.6 is 0 Å². The molecule has 20 heavy (non-hydrogen) atoms. The van der Waals surface area contributed by atoms with Gasteiger partial charge < -0.3 is 10.2 Å². The standard InChI is InChI=1S/C15H24O4S/c1-2-9-20(18,19)10-8-15(12-16,13-17)11-14-6-4-3-5-7-14/h3-7,16-17H,2,8-13H2,1H3. The van der Waals surface area contributed by atoms with Crippen LogP contribution in [0.2, 0.25) is 0 Å². The van der Waals surface area contributed by atoms with Crippen LogP contribution in [0.15, 0.2) is 30.3 Å². The lowest BCUT2D eigenvalue weighted by atomic mass is 9.81. The minimum absolute atomic E-state index is 0.00872. The number of rotatable bonds is 9. The monoisotopic (exact) mass is 300 g/mol. The summed E-state index contributed by atoms with van der Waals surface area (Å²) < 4.78 is 23.6. The predicted molar refractivity (Wildman–Crippen MR) is 80.3 cm³/mol. The van der Waals surface area contributed by atoms with Gasteiger partial charge in [-0.25, -0.2) is 8.42 Å². The van der Waals surface area contributed by atoms with Gasteiger partial charge in [-0.05, 0) is 24.8 Å². The fourth-order valence-corrected chi connectivity index (χ4v) is 3.79. The van der Waals surface area contributed by atoms with E-state index in [2.05, 4.69) is 0 Å². The third-order valence-corrected chi connectivity index (χ3v) is 5.41. The van der Waals surface area contributed by atoms with Crippen LogP contribution < -0.4 is 0 Å². The van der Waals surface area contributed by atoms with Crippen LogP contribution in [0.5, 0.6) is 0 Å². The second-order valence-electron chi connectivity index (χ2n) is 5.38. The maximum absolute atomic E-state index is 11.8. The smallest absolute Gasteiger partial charge is 0.150 e. The molecule has 114 valence electrons. The van der Waals surface area contributed by atoms with Crippen molar-refractivity contribution >= 4 is 9.84 Å². The molecule has 0 atom stereocenters. The number of aliphatic hydroxyl groups is 2. The van der Waals surface area contributed by atoms with E-state index in [0.717, 1.165) is 5.56 Å². The Morgan fingerprint density at radius 2 is 1.65 bits per heavy atom. The molecule has 0 aromatic heterocycles. The molecule has 4 nitrogen and oxygen atoms in total. The molecule has 5 heteroatoms. The van der Waals surface area contributed by atoms with E-state index in [4.69, 9.17) is 0 Å². The first-order valence-electron chi connectivity index (χ1n) is 6.93. The van der Waals surface area contributed by atoms with E-state index in [0.29, 0.717) is 12.8 Å². The van der Waals surface area contributed by atoms with E-state index in [1.165, 1.54) is 0 Å².